The van der Waals surface area contributed by atoms with Crippen molar-refractivity contribution in [1.82, 2.24) is 9.55 Å². The molecule has 0 bridgehead atoms. The summed E-state index contributed by atoms with van der Waals surface area (Å²) in [6.45, 7) is 2.81. The van der Waals surface area contributed by atoms with E-state index in [0.29, 0.717) is 28.4 Å². The van der Waals surface area contributed by atoms with Gasteiger partial charge < -0.3 is 9.84 Å². The molecule has 0 saturated carbocycles. The number of aliphatic hydroxyl groups is 1. The molecule has 1 unspecified atom stereocenters. The fourth-order valence-electron chi connectivity index (χ4n) is 3.35. The number of aliphatic hydroxyl groups excluding tert-OH is 1. The van der Waals surface area contributed by atoms with Crippen molar-refractivity contribution in [2.45, 2.75) is 31.1 Å². The number of thioether (sulfide) groups is 1. The second-order valence-corrected chi connectivity index (χ2v) is 8.14. The van der Waals surface area contributed by atoms with Crippen molar-refractivity contribution in [3.63, 3.8) is 0 Å². The fourth-order valence-corrected chi connectivity index (χ4v) is 4.28. The maximum atomic E-state index is 12.8. The summed E-state index contributed by atoms with van der Waals surface area (Å²) in [5.41, 5.74) is 0.645. The van der Waals surface area contributed by atoms with E-state index in [-0.39, 0.29) is 12.2 Å². The van der Waals surface area contributed by atoms with E-state index in [9.17, 15) is 9.90 Å². The smallest absolute Gasteiger partial charge is 0.262 e. The van der Waals surface area contributed by atoms with E-state index in [4.69, 9.17) is 4.74 Å². The highest BCUT2D eigenvalue weighted by Gasteiger charge is 2.14. The van der Waals surface area contributed by atoms with Crippen LogP contribution in [0, 0.1) is 0 Å². The molecule has 1 heterocycles. The quantitative estimate of drug-likeness (QED) is 0.336. The molecule has 0 fully saturated rings. The van der Waals surface area contributed by atoms with Gasteiger partial charge in [0.2, 0.25) is 0 Å². The van der Waals surface area contributed by atoms with Crippen LogP contribution < -0.4 is 10.3 Å². The Hall–Kier alpha value is -2.83. The lowest BCUT2D eigenvalue weighted by Crippen LogP contribution is -2.25. The van der Waals surface area contributed by atoms with Crippen molar-refractivity contribution in [2.75, 3.05) is 12.4 Å². The van der Waals surface area contributed by atoms with E-state index in [1.54, 1.807) is 10.6 Å². The Bertz CT molecular complexity index is 1220. The SMILES string of the molecule is CCCn1c(SCC(O)COc2ccc3ccccc3c2)nc2ccccc2c1=O. The van der Waals surface area contributed by atoms with Crippen LogP contribution in [0.2, 0.25) is 0 Å². The van der Waals surface area contributed by atoms with Crippen molar-refractivity contribution in [1.29, 1.82) is 0 Å². The van der Waals surface area contributed by atoms with Gasteiger partial charge in [0.1, 0.15) is 12.4 Å². The first-order chi connectivity index (χ1) is 14.7. The molecule has 1 aromatic heterocycles. The van der Waals surface area contributed by atoms with Crippen molar-refractivity contribution in [2.24, 2.45) is 0 Å². The Balaban J connectivity index is 1.43. The molecular weight excluding hydrogens is 396 g/mol. The maximum Gasteiger partial charge on any atom is 0.262 e. The minimum absolute atomic E-state index is 0.0353. The average Bonchev–Trinajstić information content (AvgIpc) is 2.78. The van der Waals surface area contributed by atoms with E-state index < -0.39 is 6.10 Å². The Labute approximate surface area is 179 Å². The van der Waals surface area contributed by atoms with Gasteiger partial charge >= 0.3 is 0 Å². The molecule has 0 radical (unpaired) electrons. The summed E-state index contributed by atoms with van der Waals surface area (Å²) in [7, 11) is 0. The van der Waals surface area contributed by atoms with Gasteiger partial charge in [-0.25, -0.2) is 4.98 Å². The van der Waals surface area contributed by atoms with Crippen LogP contribution in [0.4, 0.5) is 0 Å². The van der Waals surface area contributed by atoms with E-state index in [1.807, 2.05) is 61.5 Å². The summed E-state index contributed by atoms with van der Waals surface area (Å²) in [4.78, 5) is 17.5. The van der Waals surface area contributed by atoms with Crippen LogP contribution in [0.3, 0.4) is 0 Å². The maximum absolute atomic E-state index is 12.8. The van der Waals surface area contributed by atoms with Crippen molar-refractivity contribution >= 4 is 33.4 Å². The van der Waals surface area contributed by atoms with Gasteiger partial charge in [-0.05, 0) is 41.5 Å². The van der Waals surface area contributed by atoms with Gasteiger partial charge in [-0.2, -0.15) is 0 Å². The van der Waals surface area contributed by atoms with Gasteiger partial charge in [-0.1, -0.05) is 61.2 Å². The van der Waals surface area contributed by atoms with Gasteiger partial charge in [-0.3, -0.25) is 9.36 Å². The van der Waals surface area contributed by atoms with Crippen LogP contribution >= 0.6 is 11.8 Å². The normalized spacial score (nSPS) is 12.3. The van der Waals surface area contributed by atoms with E-state index in [2.05, 4.69) is 11.1 Å². The highest BCUT2D eigenvalue weighted by molar-refractivity contribution is 7.99. The van der Waals surface area contributed by atoms with Crippen molar-refractivity contribution < 1.29 is 9.84 Å². The average molecular weight is 421 g/mol. The number of benzene rings is 3. The van der Waals surface area contributed by atoms with Gasteiger partial charge in [-0.15, -0.1) is 0 Å². The third kappa shape index (κ3) is 4.50. The van der Waals surface area contributed by atoms with Crippen LogP contribution in [0.5, 0.6) is 5.75 Å². The molecule has 6 heteroatoms. The predicted molar refractivity (Wildman–Crippen MR) is 122 cm³/mol. The second kappa shape index (κ2) is 9.32. The number of hydrogen-bond acceptors (Lipinski definition) is 5. The van der Waals surface area contributed by atoms with Crippen LogP contribution in [-0.2, 0) is 6.54 Å². The Morgan fingerprint density at radius 1 is 1.07 bits per heavy atom. The third-order valence-corrected chi connectivity index (χ3v) is 5.96. The van der Waals surface area contributed by atoms with Crippen LogP contribution in [0.15, 0.2) is 76.7 Å². The molecule has 4 aromatic rings. The lowest BCUT2D eigenvalue weighted by Gasteiger charge is -2.15. The molecule has 154 valence electrons. The molecule has 0 aliphatic carbocycles. The first-order valence-corrected chi connectivity index (χ1v) is 11.1. The number of fused-ring (bicyclic) bond motifs is 2. The monoisotopic (exact) mass is 420 g/mol. The summed E-state index contributed by atoms with van der Waals surface area (Å²) in [5, 5.41) is 13.9. The first kappa shape index (κ1) is 20.4. The predicted octanol–water partition coefficient (Wildman–Crippen LogP) is 4.49. The summed E-state index contributed by atoms with van der Waals surface area (Å²) in [5.74, 6) is 1.12. The highest BCUT2D eigenvalue weighted by Crippen LogP contribution is 2.22. The zero-order chi connectivity index (χ0) is 20.9. The summed E-state index contributed by atoms with van der Waals surface area (Å²) < 4.78 is 7.48. The number of rotatable bonds is 8. The molecule has 0 spiro atoms. The standard InChI is InChI=1S/C24H24N2O3S/c1-2-13-26-23(28)21-9-5-6-10-22(21)25-24(26)30-16-19(27)15-29-20-12-11-17-7-3-4-8-18(17)14-20/h3-12,14,19,27H,2,13,15-16H2,1H3. The lowest BCUT2D eigenvalue weighted by atomic mass is 10.1. The molecule has 4 rings (SSSR count). The zero-order valence-electron chi connectivity index (χ0n) is 16.8. The molecule has 5 nitrogen and oxygen atoms in total. The van der Waals surface area contributed by atoms with Gasteiger partial charge in [0, 0.05) is 12.3 Å². The number of aromatic nitrogens is 2. The molecule has 3 aromatic carbocycles. The molecule has 1 atom stereocenters. The zero-order valence-corrected chi connectivity index (χ0v) is 17.6. The van der Waals surface area contributed by atoms with Crippen molar-refractivity contribution in [3.8, 4) is 5.75 Å². The van der Waals surface area contributed by atoms with E-state index in [0.717, 1.165) is 22.9 Å². The van der Waals surface area contributed by atoms with Crippen LogP contribution in [0.25, 0.3) is 21.7 Å². The van der Waals surface area contributed by atoms with Gasteiger partial charge in [0.15, 0.2) is 5.16 Å². The highest BCUT2D eigenvalue weighted by atomic mass is 32.2. The Kier molecular flexibility index (Phi) is 6.35. The second-order valence-electron chi connectivity index (χ2n) is 7.15. The lowest BCUT2D eigenvalue weighted by molar-refractivity contribution is 0.126. The topological polar surface area (TPSA) is 64.3 Å². The van der Waals surface area contributed by atoms with Crippen molar-refractivity contribution in [3.05, 3.63) is 77.1 Å². The number of ether oxygens (including phenoxy) is 1. The van der Waals surface area contributed by atoms with E-state index in [1.165, 1.54) is 11.8 Å². The molecule has 0 saturated heterocycles. The minimum atomic E-state index is -0.681. The van der Waals surface area contributed by atoms with E-state index >= 15 is 0 Å². The Morgan fingerprint density at radius 2 is 1.83 bits per heavy atom. The Morgan fingerprint density at radius 3 is 2.67 bits per heavy atom. The summed E-state index contributed by atoms with van der Waals surface area (Å²) >= 11 is 1.38. The molecule has 0 amide bonds. The number of hydrogen-bond donors (Lipinski definition) is 1. The first-order valence-electron chi connectivity index (χ1n) is 10.1. The third-order valence-electron chi connectivity index (χ3n) is 4.84. The largest absolute Gasteiger partial charge is 0.491 e. The molecule has 0 aliphatic heterocycles. The number of para-hydroxylation sites is 1. The molecule has 0 aliphatic rings. The number of nitrogens with zero attached hydrogens (tertiary/aromatic N) is 2. The minimum Gasteiger partial charge on any atom is -0.491 e. The fraction of sp³-hybridized carbons (Fsp3) is 0.250. The van der Waals surface area contributed by atoms with Crippen LogP contribution in [0.1, 0.15) is 13.3 Å². The van der Waals surface area contributed by atoms with Gasteiger partial charge in [0.25, 0.3) is 5.56 Å². The molecule has 1 N–H and O–H groups in total. The molecular formula is C24H24N2O3S. The summed E-state index contributed by atoms with van der Waals surface area (Å²) in [6, 6.07) is 21.3. The van der Waals surface area contributed by atoms with Crippen LogP contribution in [-0.4, -0.2) is 33.1 Å². The van der Waals surface area contributed by atoms with Gasteiger partial charge in [0.05, 0.1) is 17.0 Å². The molecule has 30 heavy (non-hydrogen) atoms. The summed E-state index contributed by atoms with van der Waals surface area (Å²) in [6.07, 6.45) is 0.154.